The lowest BCUT2D eigenvalue weighted by atomic mass is 10.5. The molecule has 72 valence electrons. The van der Waals surface area contributed by atoms with E-state index >= 15 is 0 Å². The van der Waals surface area contributed by atoms with Crippen molar-refractivity contribution in [2.45, 2.75) is 6.42 Å². The SMILES string of the molecule is CO[SiH](OC)OC.N#CCCN. The molecule has 0 unspecified atom stereocenters. The number of nitrogens with zero attached hydrogens (tertiary/aromatic N) is 1. The Morgan fingerprint density at radius 1 is 1.25 bits per heavy atom. The van der Waals surface area contributed by atoms with Crippen molar-refractivity contribution in [3.8, 4) is 6.07 Å². The Balaban J connectivity index is 0. The third kappa shape index (κ3) is 12.2. The van der Waals surface area contributed by atoms with Crippen LogP contribution in [0.1, 0.15) is 6.42 Å². The van der Waals surface area contributed by atoms with Crippen molar-refractivity contribution in [1.29, 1.82) is 5.26 Å². The van der Waals surface area contributed by atoms with E-state index in [0.29, 0.717) is 13.0 Å². The highest BCUT2D eigenvalue weighted by Crippen LogP contribution is 1.81. The fraction of sp³-hybridized carbons (Fsp3) is 0.833. The first kappa shape index (κ1) is 14.1. The molecule has 0 aromatic rings. The smallest absolute Gasteiger partial charge is 0.379 e. The van der Waals surface area contributed by atoms with E-state index in [9.17, 15) is 0 Å². The predicted octanol–water partition coefficient (Wildman–Crippen LogP) is -0.498. The molecule has 0 heterocycles. The van der Waals surface area contributed by atoms with Gasteiger partial charge in [0.25, 0.3) is 0 Å². The molecule has 0 amide bonds. The molecule has 0 saturated carbocycles. The monoisotopic (exact) mass is 192 g/mol. The van der Waals surface area contributed by atoms with E-state index < -0.39 is 9.53 Å². The second-order valence-corrected chi connectivity index (χ2v) is 3.68. The average Bonchev–Trinajstić information content (AvgIpc) is 2.10. The maximum absolute atomic E-state index is 7.74. The fourth-order valence-electron chi connectivity index (χ4n) is 0.353. The van der Waals surface area contributed by atoms with Crippen LogP contribution in [0.5, 0.6) is 0 Å². The molecular formula is C6H16N2O3Si. The molecule has 0 aromatic heterocycles. The van der Waals surface area contributed by atoms with Crippen molar-refractivity contribution in [3.05, 3.63) is 0 Å². The van der Waals surface area contributed by atoms with Crippen LogP contribution in [0, 0.1) is 11.3 Å². The van der Waals surface area contributed by atoms with E-state index in [4.69, 9.17) is 24.3 Å². The summed E-state index contributed by atoms with van der Waals surface area (Å²) >= 11 is 0. The minimum Gasteiger partial charge on any atom is -0.379 e. The summed E-state index contributed by atoms with van der Waals surface area (Å²) in [6.45, 7) is 0.483. The minimum atomic E-state index is -1.67. The van der Waals surface area contributed by atoms with Crippen LogP contribution in [0.15, 0.2) is 0 Å². The molecule has 2 N–H and O–H groups in total. The Hall–Kier alpha value is -0.453. The molecule has 12 heavy (non-hydrogen) atoms. The molecule has 0 atom stereocenters. The molecule has 6 heteroatoms. The fourth-order valence-corrected chi connectivity index (χ4v) is 0.931. The number of hydrogen-bond donors (Lipinski definition) is 1. The predicted molar refractivity (Wildman–Crippen MR) is 47.5 cm³/mol. The van der Waals surface area contributed by atoms with E-state index in [1.165, 1.54) is 0 Å². The molecule has 0 aromatic carbocycles. The number of hydrogen-bond acceptors (Lipinski definition) is 5. The summed E-state index contributed by atoms with van der Waals surface area (Å²) < 4.78 is 14.2. The van der Waals surface area contributed by atoms with Gasteiger partial charge in [-0.3, -0.25) is 0 Å². The number of nitrogens with two attached hydrogens (primary N) is 1. The van der Waals surface area contributed by atoms with Crippen LogP contribution in [0.3, 0.4) is 0 Å². The van der Waals surface area contributed by atoms with Crippen LogP contribution in [-0.4, -0.2) is 37.4 Å². The third-order valence-electron chi connectivity index (χ3n) is 0.833. The molecule has 0 aliphatic rings. The molecule has 0 radical (unpaired) electrons. The van der Waals surface area contributed by atoms with Crippen molar-refractivity contribution in [2.75, 3.05) is 27.9 Å². The highest BCUT2D eigenvalue weighted by molar-refractivity contribution is 6.36. The zero-order valence-corrected chi connectivity index (χ0v) is 8.90. The van der Waals surface area contributed by atoms with Crippen molar-refractivity contribution in [3.63, 3.8) is 0 Å². The van der Waals surface area contributed by atoms with E-state index in [2.05, 4.69) is 0 Å². The Morgan fingerprint density at radius 3 is 1.67 bits per heavy atom. The first-order chi connectivity index (χ1) is 5.76. The van der Waals surface area contributed by atoms with Crippen LogP contribution in [0.2, 0.25) is 0 Å². The summed E-state index contributed by atoms with van der Waals surface area (Å²) in [4.78, 5) is 0. The zero-order valence-electron chi connectivity index (χ0n) is 7.74. The lowest BCUT2D eigenvalue weighted by Gasteiger charge is -2.05. The molecule has 0 rings (SSSR count). The summed E-state index contributed by atoms with van der Waals surface area (Å²) in [5.74, 6) is 0. The van der Waals surface area contributed by atoms with Gasteiger partial charge in [-0.15, -0.1) is 0 Å². The van der Waals surface area contributed by atoms with Gasteiger partial charge in [-0.25, -0.2) is 0 Å². The van der Waals surface area contributed by atoms with Crippen LogP contribution in [0.4, 0.5) is 0 Å². The summed E-state index contributed by atoms with van der Waals surface area (Å²) in [6, 6.07) is 1.89. The molecule has 0 saturated heterocycles. The topological polar surface area (TPSA) is 77.5 Å². The average molecular weight is 192 g/mol. The normalized spacial score (nSPS) is 8.67. The molecule has 0 spiro atoms. The number of rotatable bonds is 4. The maximum Gasteiger partial charge on any atom is 0.483 e. The largest absolute Gasteiger partial charge is 0.483 e. The van der Waals surface area contributed by atoms with Crippen molar-refractivity contribution in [2.24, 2.45) is 5.73 Å². The molecule has 0 bridgehead atoms. The quantitative estimate of drug-likeness (QED) is 0.608. The van der Waals surface area contributed by atoms with Gasteiger partial charge in [0.1, 0.15) is 0 Å². The lowest BCUT2D eigenvalue weighted by molar-refractivity contribution is 0.163. The Bertz CT molecular complexity index is 108. The molecule has 0 fully saturated rings. The first-order valence-electron chi connectivity index (χ1n) is 3.42. The van der Waals surface area contributed by atoms with E-state index in [1.807, 2.05) is 6.07 Å². The van der Waals surface area contributed by atoms with Crippen molar-refractivity contribution < 1.29 is 13.3 Å². The molecule has 0 aliphatic carbocycles. The highest BCUT2D eigenvalue weighted by atomic mass is 28.3. The summed E-state index contributed by atoms with van der Waals surface area (Å²) in [6.07, 6.45) is 0.472. The zero-order chi connectivity index (χ0) is 9.82. The van der Waals surface area contributed by atoms with Gasteiger partial charge in [0.2, 0.25) is 0 Å². The van der Waals surface area contributed by atoms with Crippen molar-refractivity contribution in [1.82, 2.24) is 0 Å². The Morgan fingerprint density at radius 2 is 1.67 bits per heavy atom. The minimum absolute atomic E-state index is 0.472. The standard InChI is InChI=1S/C3H6N2.C3H10O3Si/c4-2-1-3-5;1-4-7(5-2)6-3/h1-2,4H2;7H,1-3H3. The Kier molecular flexibility index (Phi) is 15.5. The molecule has 5 nitrogen and oxygen atoms in total. The maximum atomic E-state index is 7.74. The number of nitriles is 1. The van der Waals surface area contributed by atoms with Gasteiger partial charge in [0, 0.05) is 34.3 Å². The highest BCUT2D eigenvalue weighted by Gasteiger charge is 2.04. The second-order valence-electron chi connectivity index (χ2n) is 1.69. The van der Waals surface area contributed by atoms with Gasteiger partial charge in [0.15, 0.2) is 0 Å². The van der Waals surface area contributed by atoms with E-state index in [1.54, 1.807) is 21.3 Å². The first-order valence-corrected chi connectivity index (χ1v) is 4.83. The van der Waals surface area contributed by atoms with Crippen LogP contribution in [-0.2, 0) is 13.3 Å². The van der Waals surface area contributed by atoms with Crippen molar-refractivity contribution >= 4 is 9.53 Å². The summed E-state index contributed by atoms with van der Waals surface area (Å²) in [5.41, 5.74) is 4.92. The van der Waals surface area contributed by atoms with Gasteiger partial charge in [-0.1, -0.05) is 0 Å². The van der Waals surface area contributed by atoms with Crippen LogP contribution < -0.4 is 5.73 Å². The van der Waals surface area contributed by atoms with Gasteiger partial charge < -0.3 is 19.0 Å². The van der Waals surface area contributed by atoms with E-state index in [-0.39, 0.29) is 0 Å². The van der Waals surface area contributed by atoms with E-state index in [0.717, 1.165) is 0 Å². The van der Waals surface area contributed by atoms with Gasteiger partial charge >= 0.3 is 9.53 Å². The third-order valence-corrected chi connectivity index (χ3v) is 1.99. The van der Waals surface area contributed by atoms with Gasteiger partial charge in [0.05, 0.1) is 6.07 Å². The Labute approximate surface area is 75.0 Å². The van der Waals surface area contributed by atoms with Gasteiger partial charge in [-0.05, 0) is 0 Å². The molecular weight excluding hydrogens is 176 g/mol. The second kappa shape index (κ2) is 13.2. The lowest BCUT2D eigenvalue weighted by Crippen LogP contribution is -2.21. The van der Waals surface area contributed by atoms with Gasteiger partial charge in [-0.2, -0.15) is 5.26 Å². The summed E-state index contributed by atoms with van der Waals surface area (Å²) in [5, 5.41) is 7.74. The van der Waals surface area contributed by atoms with Crippen LogP contribution >= 0.6 is 0 Å². The molecule has 0 aliphatic heterocycles. The van der Waals surface area contributed by atoms with Crippen LogP contribution in [0.25, 0.3) is 0 Å². The summed E-state index contributed by atoms with van der Waals surface area (Å²) in [7, 11) is 3.05.